The second-order valence-corrected chi connectivity index (χ2v) is 26.5. The zero-order valence-electron chi connectivity index (χ0n) is 60.3. The van der Waals surface area contributed by atoms with Crippen molar-refractivity contribution in [3.63, 3.8) is 0 Å². The van der Waals surface area contributed by atoms with Crippen molar-refractivity contribution in [1.29, 1.82) is 0 Å². The van der Waals surface area contributed by atoms with Crippen LogP contribution in [-0.2, 0) is 52.1 Å². The Morgan fingerprint density at radius 3 is 0.919 bits per heavy atom. The third kappa shape index (κ3) is 14.8. The van der Waals surface area contributed by atoms with Crippen LogP contribution in [0, 0.1) is 0 Å². The number of phenolic OH excluding ortho intramolecular Hbond substituents is 26. The monoisotopic (exact) mass is 1720 g/mol. The van der Waals surface area contributed by atoms with Gasteiger partial charge in [-0.3, -0.25) is 0 Å². The Morgan fingerprint density at radius 2 is 0.553 bits per heavy atom. The summed E-state index contributed by atoms with van der Waals surface area (Å²) in [4.78, 5) is 130. The maximum absolute atomic E-state index is 15.3. The first-order valence-corrected chi connectivity index (χ1v) is 34.1. The minimum Gasteiger partial charge on any atom is -0.504 e. The lowest BCUT2D eigenvalue weighted by Gasteiger charge is -2.43. The number of aliphatic hydroxyl groups excluding tert-OH is 1. The molecular weight excluding hydrogens is 1670 g/mol. The molecule has 9 aromatic carbocycles. The van der Waals surface area contributed by atoms with Crippen molar-refractivity contribution in [3.8, 4) is 183 Å². The summed E-state index contributed by atoms with van der Waals surface area (Å²) in [5, 5.41) is 292. The number of aromatic hydroxyl groups is 26. The van der Waals surface area contributed by atoms with Gasteiger partial charge in [0.25, 0.3) is 0 Å². The number of carbonyl (C=O) groups is 9. The lowest BCUT2D eigenvalue weighted by atomic mass is 9.92. The Bertz CT molecular complexity index is 5970. The number of hydrogen-bond donors (Lipinski definition) is 27. The minimum absolute atomic E-state index is 0.137. The summed E-state index contributed by atoms with van der Waals surface area (Å²) >= 11 is 0. The average molecular weight is 1720 g/mol. The highest BCUT2D eigenvalue weighted by Gasteiger charge is 2.57. The van der Waals surface area contributed by atoms with Crippen molar-refractivity contribution in [2.75, 3.05) is 13.2 Å². The SMILES string of the molecule is O=C(O[C@@H]1O[C@@H]2COC(=O)c3cc(O)c(O)c(O)c3-c3c(cc(O)c(O)c3O)C(=O)O[C@H]2[C@H](OC(=O)c2cc(O)c(O)c(O)c2)[C@H]1O)c1cc(O)c(Oc2c(C(=O)O[C@H]3[C@H](OC(=O)c4cc(O)c(O)c(O)c4)O[C@@H]4COC(=O)c5cc(O)c(O)c(O)c5-c5c(cc(O)c(O)c5O)C(=O)O[C@H]4[C@@H]3OC(=O)c3cc(O)c(O)c(O)c3)cc(O)c(O)c2O)c(O)c1. The normalized spacial score (nSPS) is 19.8. The van der Waals surface area contributed by atoms with Crippen LogP contribution in [0.15, 0.2) is 78.9 Å². The van der Waals surface area contributed by atoms with Gasteiger partial charge in [0.1, 0.15) is 31.0 Å². The summed E-state index contributed by atoms with van der Waals surface area (Å²) in [6.07, 6.45) is -27.1. The zero-order valence-corrected chi connectivity index (χ0v) is 60.3. The van der Waals surface area contributed by atoms with E-state index in [1.54, 1.807) is 0 Å². The first kappa shape index (κ1) is 83.6. The van der Waals surface area contributed by atoms with Gasteiger partial charge >= 0.3 is 53.7 Å². The Hall–Kier alpha value is -17.3. The molecule has 642 valence electrons. The molecule has 0 unspecified atom stereocenters. The van der Waals surface area contributed by atoms with Crippen LogP contribution < -0.4 is 4.74 Å². The van der Waals surface area contributed by atoms with Crippen molar-refractivity contribution in [2.24, 2.45) is 0 Å². The fourth-order valence-corrected chi connectivity index (χ4v) is 12.9. The second-order valence-electron chi connectivity index (χ2n) is 26.5. The number of ether oxygens (including phenoxy) is 12. The quantitative estimate of drug-likeness (QED) is 0.0475. The van der Waals surface area contributed by atoms with E-state index in [1.165, 1.54) is 0 Å². The van der Waals surface area contributed by atoms with Crippen molar-refractivity contribution in [2.45, 2.75) is 61.4 Å². The molecule has 0 saturated carbocycles. The fraction of sp³-hybridized carbons (Fsp3) is 0.160. The molecule has 2 saturated heterocycles. The Balaban J connectivity index is 0.875. The zero-order chi connectivity index (χ0) is 89.7. The van der Waals surface area contributed by atoms with E-state index in [1.807, 2.05) is 0 Å². The van der Waals surface area contributed by atoms with Crippen molar-refractivity contribution < 1.29 is 238 Å². The average Bonchev–Trinajstić information content (AvgIpc) is 1.73. The summed E-state index contributed by atoms with van der Waals surface area (Å²) in [6.45, 7) is -2.88. The molecule has 4 aliphatic rings. The molecule has 48 heteroatoms. The van der Waals surface area contributed by atoms with Gasteiger partial charge in [-0.25, -0.2) is 43.2 Å². The maximum Gasteiger partial charge on any atom is 0.342 e. The number of carbonyl (C=O) groups excluding carboxylic acids is 9. The van der Waals surface area contributed by atoms with Crippen molar-refractivity contribution in [1.82, 2.24) is 0 Å². The van der Waals surface area contributed by atoms with Crippen LogP contribution in [-0.4, -0.2) is 266 Å². The molecule has 27 N–H and O–H groups in total. The van der Waals surface area contributed by atoms with Gasteiger partial charge in [-0.2, -0.15) is 0 Å². The van der Waals surface area contributed by atoms with Gasteiger partial charge < -0.3 is 195 Å². The van der Waals surface area contributed by atoms with E-state index < -0.39 is 362 Å². The molecule has 0 bridgehead atoms. The van der Waals surface area contributed by atoms with E-state index in [2.05, 4.69) is 0 Å². The molecule has 0 amide bonds. The molecule has 2 fully saturated rings. The highest BCUT2D eigenvalue weighted by atomic mass is 16.8. The van der Waals surface area contributed by atoms with Gasteiger partial charge in [-0.05, 0) is 72.8 Å². The first-order valence-electron chi connectivity index (χ1n) is 34.1. The first-order chi connectivity index (χ1) is 57.9. The topological polar surface area (TPSA) is 811 Å². The highest BCUT2D eigenvalue weighted by molar-refractivity contribution is 6.10. The lowest BCUT2D eigenvalue weighted by molar-refractivity contribution is -0.283. The van der Waals surface area contributed by atoms with Crippen LogP contribution >= 0.6 is 0 Å². The van der Waals surface area contributed by atoms with Gasteiger partial charge in [0, 0.05) is 28.3 Å². The van der Waals surface area contributed by atoms with Crippen molar-refractivity contribution >= 4 is 53.7 Å². The lowest BCUT2D eigenvalue weighted by Crippen LogP contribution is -2.63. The summed E-state index contributed by atoms with van der Waals surface area (Å²) < 4.78 is 67.3. The smallest absolute Gasteiger partial charge is 0.342 e. The van der Waals surface area contributed by atoms with E-state index in [-0.39, 0.29) is 24.3 Å². The summed E-state index contributed by atoms with van der Waals surface area (Å²) in [5.74, 6) is -57.0. The number of hydrogen-bond acceptors (Lipinski definition) is 48. The molecule has 0 aromatic heterocycles. The standard InChI is InChI=1S/C75H54O48/c76-25-1-16(2-26(77)44(25)89)65(103)119-62-57(102)74(114-38-14-112-69(107)20-9-31(82)47(92)52(97)40(20)42-22(71(109)117-60(38)62)11-33(84)49(94)54(42)99)122-67(105)19-7-36(87)59(37(88)8-19)116-58-24(13-35(86)51(96)56(58)101)73(111)121-64-63(120-66(104)17-3-27(78)45(90)28(79)4-17)61-39(115-75(64)123-68(106)18-5-29(80)46(91)30(81)6-18)15-113-70(108)21-10-32(83)48(93)53(98)41(21)43-23(72(110)118-61)12-34(85)50(95)55(43)100/h1-13,38-39,57,60-64,74-102H,14-15H2/t38-,39-,57-,60-,61-,62-,63+,64-,74+,75+/m1/s1. The van der Waals surface area contributed by atoms with Crippen molar-refractivity contribution in [3.05, 3.63) is 129 Å². The molecule has 4 heterocycles. The van der Waals surface area contributed by atoms with Gasteiger partial charge in [-0.15, -0.1) is 0 Å². The summed E-state index contributed by atoms with van der Waals surface area (Å²) in [6, 6.07) is 4.65. The predicted octanol–water partition coefficient (Wildman–Crippen LogP) is 2.75. The van der Waals surface area contributed by atoms with E-state index in [9.17, 15) is 176 Å². The number of rotatable bonds is 12. The number of benzene rings is 9. The van der Waals surface area contributed by atoms with Gasteiger partial charge in [0.2, 0.25) is 58.9 Å². The molecule has 123 heavy (non-hydrogen) atoms. The number of esters is 9. The number of cyclic esters (lactones) is 2. The number of fused-ring (bicyclic) bond motifs is 8. The summed E-state index contributed by atoms with van der Waals surface area (Å²) in [5.41, 5.74) is -15.0. The molecule has 0 spiro atoms. The fourth-order valence-electron chi connectivity index (χ4n) is 12.9. The van der Waals surface area contributed by atoms with E-state index in [0.29, 0.717) is 54.6 Å². The van der Waals surface area contributed by atoms with Crippen LogP contribution in [0.5, 0.6) is 161 Å². The molecule has 4 aliphatic heterocycles. The molecule has 9 aromatic rings. The van der Waals surface area contributed by atoms with Gasteiger partial charge in [-0.1, -0.05) is 0 Å². The number of aliphatic hydroxyl groups is 1. The molecule has 13 rings (SSSR count). The minimum atomic E-state index is -3.02. The van der Waals surface area contributed by atoms with Crippen LogP contribution in [0.1, 0.15) is 93.2 Å². The molecule has 48 nitrogen and oxygen atoms in total. The second kappa shape index (κ2) is 31.3. The van der Waals surface area contributed by atoms with Crippen LogP contribution in [0.4, 0.5) is 0 Å². The van der Waals surface area contributed by atoms with Crippen LogP contribution in [0.2, 0.25) is 0 Å². The molecule has 10 atom stereocenters. The van der Waals surface area contributed by atoms with E-state index in [0.717, 1.165) is 0 Å². The van der Waals surface area contributed by atoms with Crippen LogP contribution in [0.25, 0.3) is 22.3 Å². The highest BCUT2D eigenvalue weighted by Crippen LogP contribution is 2.57. The van der Waals surface area contributed by atoms with E-state index in [4.69, 9.17) is 56.8 Å². The molecular formula is C75H54O48. The molecule has 0 radical (unpaired) electrons. The Labute approximate surface area is 676 Å². The molecule has 0 aliphatic carbocycles. The number of phenols is 26. The van der Waals surface area contributed by atoms with Crippen LogP contribution in [0.3, 0.4) is 0 Å². The summed E-state index contributed by atoms with van der Waals surface area (Å²) in [7, 11) is 0. The van der Waals surface area contributed by atoms with Gasteiger partial charge in [0.05, 0.1) is 44.5 Å². The third-order valence-electron chi connectivity index (χ3n) is 18.9. The predicted molar refractivity (Wildman–Crippen MR) is 380 cm³/mol. The van der Waals surface area contributed by atoms with Gasteiger partial charge in [0.15, 0.2) is 151 Å². The largest absolute Gasteiger partial charge is 0.504 e. The Kier molecular flexibility index (Phi) is 21.3. The maximum atomic E-state index is 15.3. The third-order valence-corrected chi connectivity index (χ3v) is 18.9. The van der Waals surface area contributed by atoms with E-state index >= 15 is 4.79 Å². The Morgan fingerprint density at radius 1 is 0.276 bits per heavy atom.